The quantitative estimate of drug-likeness (QED) is 0.779. The van der Waals surface area contributed by atoms with Crippen LogP contribution in [0.1, 0.15) is 31.4 Å². The van der Waals surface area contributed by atoms with Crippen LogP contribution in [0.4, 0.5) is 0 Å². The zero-order valence-corrected chi connectivity index (χ0v) is 11.4. The van der Waals surface area contributed by atoms with E-state index in [0.717, 1.165) is 35.9 Å². The van der Waals surface area contributed by atoms with Gasteiger partial charge in [-0.15, -0.1) is 10.2 Å². The topological polar surface area (TPSA) is 39.9 Å². The van der Waals surface area contributed by atoms with Gasteiger partial charge in [-0.3, -0.25) is 0 Å². The number of halogens is 1. The van der Waals surface area contributed by atoms with Crippen molar-refractivity contribution < 1.29 is 4.74 Å². The first-order valence-corrected chi connectivity index (χ1v) is 6.91. The van der Waals surface area contributed by atoms with Crippen molar-refractivity contribution in [2.45, 2.75) is 37.6 Å². The highest BCUT2D eigenvalue weighted by atomic mass is 79.9. The number of hydrogen-bond donors (Lipinski definition) is 0. The molecule has 0 N–H and O–H groups in total. The molecule has 0 spiro atoms. The summed E-state index contributed by atoms with van der Waals surface area (Å²) < 4.78 is 7.64. The Labute approximate surface area is 105 Å². The second-order valence-electron chi connectivity index (χ2n) is 4.34. The van der Waals surface area contributed by atoms with Gasteiger partial charge in [0.15, 0.2) is 0 Å². The normalized spacial score (nSPS) is 24.4. The molecule has 1 saturated carbocycles. The third-order valence-electron chi connectivity index (χ3n) is 3.24. The van der Waals surface area contributed by atoms with Crippen LogP contribution in [0.15, 0.2) is 0 Å². The Bertz CT molecular complexity index is 347. The van der Waals surface area contributed by atoms with Gasteiger partial charge in [-0.2, -0.15) is 0 Å². The SMILES string of the molecule is CCOC1CC(Cc2nnc(CBr)n2C)C1. The molecule has 1 aliphatic carbocycles. The fourth-order valence-corrected chi connectivity index (χ4v) is 2.65. The Hall–Kier alpha value is -0.420. The summed E-state index contributed by atoms with van der Waals surface area (Å²) in [5, 5.41) is 9.12. The number of ether oxygens (including phenoxy) is 1. The molecule has 0 bridgehead atoms. The standard InChI is InChI=1S/C11H18BrN3O/c1-3-16-9-4-8(5-9)6-10-13-14-11(7-12)15(10)2/h8-9H,3-7H2,1-2H3. The number of hydrogen-bond acceptors (Lipinski definition) is 3. The van der Waals surface area contributed by atoms with E-state index in [1.165, 1.54) is 12.8 Å². The maximum absolute atomic E-state index is 5.55. The molecule has 1 aromatic heterocycles. The van der Waals surface area contributed by atoms with E-state index in [0.29, 0.717) is 6.10 Å². The van der Waals surface area contributed by atoms with Gasteiger partial charge >= 0.3 is 0 Å². The Morgan fingerprint density at radius 1 is 1.38 bits per heavy atom. The minimum absolute atomic E-state index is 0.485. The maximum Gasteiger partial charge on any atom is 0.143 e. The van der Waals surface area contributed by atoms with Crippen LogP contribution >= 0.6 is 15.9 Å². The first-order valence-electron chi connectivity index (χ1n) is 5.79. The number of alkyl halides is 1. The van der Waals surface area contributed by atoms with Crippen molar-refractivity contribution >= 4 is 15.9 Å². The van der Waals surface area contributed by atoms with E-state index in [9.17, 15) is 0 Å². The zero-order chi connectivity index (χ0) is 11.5. The predicted octanol–water partition coefficient (Wildman–Crippen LogP) is 2.07. The molecule has 0 unspecified atom stereocenters. The van der Waals surface area contributed by atoms with Crippen molar-refractivity contribution in [1.29, 1.82) is 0 Å². The molecule has 2 rings (SSSR count). The number of nitrogens with zero attached hydrogens (tertiary/aromatic N) is 3. The van der Waals surface area contributed by atoms with E-state index in [2.05, 4.69) is 37.6 Å². The largest absolute Gasteiger partial charge is 0.378 e. The minimum Gasteiger partial charge on any atom is -0.378 e. The summed E-state index contributed by atoms with van der Waals surface area (Å²) in [7, 11) is 2.03. The Morgan fingerprint density at radius 3 is 2.62 bits per heavy atom. The van der Waals surface area contributed by atoms with Gasteiger partial charge in [0.05, 0.1) is 11.4 Å². The molecule has 4 nitrogen and oxygen atoms in total. The molecule has 0 saturated heterocycles. The summed E-state index contributed by atoms with van der Waals surface area (Å²) in [6.07, 6.45) is 3.85. The highest BCUT2D eigenvalue weighted by Gasteiger charge is 2.30. The fourth-order valence-electron chi connectivity index (χ4n) is 2.16. The van der Waals surface area contributed by atoms with Gasteiger partial charge in [-0.25, -0.2) is 0 Å². The maximum atomic E-state index is 5.55. The van der Waals surface area contributed by atoms with Crippen molar-refractivity contribution in [1.82, 2.24) is 14.8 Å². The fraction of sp³-hybridized carbons (Fsp3) is 0.818. The molecule has 1 aliphatic rings. The molecule has 0 radical (unpaired) electrons. The molecule has 0 atom stereocenters. The summed E-state index contributed by atoms with van der Waals surface area (Å²) in [6.45, 7) is 2.88. The molecule has 0 amide bonds. The van der Waals surface area contributed by atoms with Gasteiger partial charge in [0, 0.05) is 20.1 Å². The van der Waals surface area contributed by atoms with E-state index < -0.39 is 0 Å². The molecule has 0 aliphatic heterocycles. The highest BCUT2D eigenvalue weighted by molar-refractivity contribution is 9.08. The molecule has 1 aromatic rings. The van der Waals surface area contributed by atoms with Gasteiger partial charge in [-0.1, -0.05) is 15.9 Å². The molecule has 5 heteroatoms. The second-order valence-corrected chi connectivity index (χ2v) is 4.90. The Balaban J connectivity index is 1.84. The summed E-state index contributed by atoms with van der Waals surface area (Å²) in [5.74, 6) is 2.81. The number of aromatic nitrogens is 3. The van der Waals surface area contributed by atoms with Crippen molar-refractivity contribution in [2.75, 3.05) is 6.61 Å². The third-order valence-corrected chi connectivity index (χ3v) is 3.74. The van der Waals surface area contributed by atoms with Gasteiger partial charge < -0.3 is 9.30 Å². The summed E-state index contributed by atoms with van der Waals surface area (Å²) in [5.41, 5.74) is 0. The average Bonchev–Trinajstić information content (AvgIpc) is 2.57. The van der Waals surface area contributed by atoms with Gasteiger partial charge in [-0.05, 0) is 25.7 Å². The van der Waals surface area contributed by atoms with Crippen LogP contribution in [0.5, 0.6) is 0 Å². The average molecular weight is 288 g/mol. The predicted molar refractivity (Wildman–Crippen MR) is 65.5 cm³/mol. The molecule has 1 fully saturated rings. The van der Waals surface area contributed by atoms with E-state index in [1.807, 2.05) is 7.05 Å². The number of rotatable bonds is 5. The lowest BCUT2D eigenvalue weighted by Crippen LogP contribution is -2.33. The highest BCUT2D eigenvalue weighted by Crippen LogP contribution is 2.32. The van der Waals surface area contributed by atoms with E-state index >= 15 is 0 Å². The first kappa shape index (κ1) is 12.0. The van der Waals surface area contributed by atoms with Crippen LogP contribution < -0.4 is 0 Å². The Morgan fingerprint density at radius 2 is 2.06 bits per heavy atom. The van der Waals surface area contributed by atoms with Crippen LogP contribution in [0.25, 0.3) is 0 Å². The Kier molecular flexibility index (Phi) is 3.97. The van der Waals surface area contributed by atoms with Crippen molar-refractivity contribution in [3.05, 3.63) is 11.6 Å². The lowest BCUT2D eigenvalue weighted by molar-refractivity contribution is -0.0247. The zero-order valence-electron chi connectivity index (χ0n) is 9.82. The van der Waals surface area contributed by atoms with Crippen molar-refractivity contribution in [3.8, 4) is 0 Å². The van der Waals surface area contributed by atoms with Crippen LogP contribution in [-0.2, 0) is 23.5 Å². The van der Waals surface area contributed by atoms with E-state index in [1.54, 1.807) is 0 Å². The molecule has 16 heavy (non-hydrogen) atoms. The molecular formula is C11H18BrN3O. The van der Waals surface area contributed by atoms with E-state index in [4.69, 9.17) is 4.74 Å². The van der Waals surface area contributed by atoms with Crippen LogP contribution in [0, 0.1) is 5.92 Å². The first-order chi connectivity index (χ1) is 7.74. The summed E-state index contributed by atoms with van der Waals surface area (Å²) >= 11 is 3.41. The molecule has 0 aromatic carbocycles. The van der Waals surface area contributed by atoms with Crippen LogP contribution in [-0.4, -0.2) is 27.5 Å². The van der Waals surface area contributed by atoms with Crippen LogP contribution in [0.2, 0.25) is 0 Å². The molecular weight excluding hydrogens is 270 g/mol. The van der Waals surface area contributed by atoms with Crippen LogP contribution in [0.3, 0.4) is 0 Å². The van der Waals surface area contributed by atoms with E-state index in [-0.39, 0.29) is 0 Å². The lowest BCUT2D eigenvalue weighted by atomic mass is 9.80. The lowest BCUT2D eigenvalue weighted by Gasteiger charge is -2.34. The van der Waals surface area contributed by atoms with Crippen molar-refractivity contribution in [2.24, 2.45) is 13.0 Å². The summed E-state index contributed by atoms with van der Waals surface area (Å²) in [6, 6.07) is 0. The smallest absolute Gasteiger partial charge is 0.143 e. The minimum atomic E-state index is 0.485. The second kappa shape index (κ2) is 5.27. The monoisotopic (exact) mass is 287 g/mol. The van der Waals surface area contributed by atoms with Crippen molar-refractivity contribution in [3.63, 3.8) is 0 Å². The molecule has 1 heterocycles. The van der Waals surface area contributed by atoms with Gasteiger partial charge in [0.25, 0.3) is 0 Å². The van der Waals surface area contributed by atoms with Gasteiger partial charge in [0.1, 0.15) is 11.6 Å². The third kappa shape index (κ3) is 2.46. The summed E-state index contributed by atoms with van der Waals surface area (Å²) in [4.78, 5) is 0. The molecule has 90 valence electrons. The van der Waals surface area contributed by atoms with Gasteiger partial charge in [0.2, 0.25) is 0 Å².